The predicted molar refractivity (Wildman–Crippen MR) is 102 cm³/mol. The second-order valence-corrected chi connectivity index (χ2v) is 5.81. The third-order valence-corrected chi connectivity index (χ3v) is 3.82. The minimum atomic E-state index is -0.478. The molecule has 0 saturated heterocycles. The van der Waals surface area contributed by atoms with E-state index in [9.17, 15) is 4.79 Å². The van der Waals surface area contributed by atoms with E-state index in [1.165, 1.54) is 13.4 Å². The third-order valence-electron chi connectivity index (χ3n) is 3.16. The van der Waals surface area contributed by atoms with E-state index in [2.05, 4.69) is 15.9 Å². The van der Waals surface area contributed by atoms with Crippen LogP contribution in [0.5, 0.6) is 11.5 Å². The topological polar surface area (TPSA) is 44.8 Å². The van der Waals surface area contributed by atoms with Crippen molar-refractivity contribution in [1.82, 2.24) is 0 Å². The highest BCUT2D eigenvalue weighted by Crippen LogP contribution is 2.26. The van der Waals surface area contributed by atoms with Gasteiger partial charge >= 0.3 is 5.97 Å². The Hall–Kier alpha value is -2.53. The quantitative estimate of drug-likeness (QED) is 0.272. The lowest BCUT2D eigenvalue weighted by Crippen LogP contribution is -2.05. The molecular weight excluding hydrogens is 384 g/mol. The first-order valence-corrected chi connectivity index (χ1v) is 8.54. The highest BCUT2D eigenvalue weighted by molar-refractivity contribution is 9.12. The molecule has 0 aliphatic rings. The van der Waals surface area contributed by atoms with Gasteiger partial charge in [-0.1, -0.05) is 30.3 Å². The summed E-state index contributed by atoms with van der Waals surface area (Å²) in [5.41, 5.74) is 1.17. The first kappa shape index (κ1) is 18.8. The van der Waals surface area contributed by atoms with Crippen LogP contribution in [0.25, 0.3) is 6.08 Å². The van der Waals surface area contributed by atoms with E-state index >= 15 is 0 Å². The summed E-state index contributed by atoms with van der Waals surface area (Å²) >= 11 is 3.42. The normalized spacial score (nSPS) is 11.8. The summed E-state index contributed by atoms with van der Waals surface area (Å²) in [4.78, 5) is 11.9. The van der Waals surface area contributed by atoms with Crippen molar-refractivity contribution in [3.05, 3.63) is 76.5 Å². The van der Waals surface area contributed by atoms with Gasteiger partial charge in [0.25, 0.3) is 0 Å². The Balaban J connectivity index is 2.23. The van der Waals surface area contributed by atoms with Gasteiger partial charge in [-0.3, -0.25) is 0 Å². The molecule has 5 heteroatoms. The van der Waals surface area contributed by atoms with Crippen LogP contribution in [0, 0.1) is 0 Å². The maximum Gasteiger partial charge on any atom is 0.342 e. The molecule has 0 fully saturated rings. The fourth-order valence-electron chi connectivity index (χ4n) is 2.00. The molecule has 130 valence electrons. The Morgan fingerprint density at radius 2 is 1.80 bits per heavy atom. The molecule has 2 aromatic rings. The lowest BCUT2D eigenvalue weighted by atomic mass is 10.1. The van der Waals surface area contributed by atoms with Crippen molar-refractivity contribution in [2.75, 3.05) is 13.7 Å². The van der Waals surface area contributed by atoms with E-state index in [4.69, 9.17) is 14.2 Å². The monoisotopic (exact) mass is 402 g/mol. The minimum Gasteiger partial charge on any atom is -0.501 e. The molecule has 0 bridgehead atoms. The van der Waals surface area contributed by atoms with Crippen LogP contribution in [-0.2, 0) is 14.3 Å². The van der Waals surface area contributed by atoms with Crippen LogP contribution in [-0.4, -0.2) is 19.7 Å². The number of carbonyl (C=O) groups is 1. The molecule has 0 spiro atoms. The summed E-state index contributed by atoms with van der Waals surface area (Å²) < 4.78 is 16.4. The number of hydrogen-bond acceptors (Lipinski definition) is 4. The van der Waals surface area contributed by atoms with Crippen LogP contribution >= 0.6 is 15.9 Å². The molecule has 0 radical (unpaired) electrons. The maximum absolute atomic E-state index is 11.9. The van der Waals surface area contributed by atoms with Gasteiger partial charge in [0.05, 0.1) is 20.0 Å². The van der Waals surface area contributed by atoms with Crippen molar-refractivity contribution in [3.8, 4) is 11.5 Å². The van der Waals surface area contributed by atoms with Crippen LogP contribution in [0.2, 0.25) is 0 Å². The fraction of sp³-hybridized carbons (Fsp3) is 0.150. The average molecular weight is 403 g/mol. The van der Waals surface area contributed by atoms with E-state index in [0.717, 1.165) is 11.3 Å². The number of para-hydroxylation sites is 1. The molecule has 0 atom stereocenters. The van der Waals surface area contributed by atoms with Gasteiger partial charge in [-0.2, -0.15) is 0 Å². The zero-order valence-corrected chi connectivity index (χ0v) is 15.7. The molecule has 2 rings (SSSR count). The molecule has 0 aromatic heterocycles. The summed E-state index contributed by atoms with van der Waals surface area (Å²) in [6, 6.07) is 17.1. The molecule has 0 heterocycles. The van der Waals surface area contributed by atoms with E-state index in [0.29, 0.717) is 22.4 Å². The number of methoxy groups -OCH3 is 1. The van der Waals surface area contributed by atoms with Gasteiger partial charge in [-0.05, 0) is 58.8 Å². The van der Waals surface area contributed by atoms with Crippen molar-refractivity contribution >= 4 is 28.0 Å². The van der Waals surface area contributed by atoms with Gasteiger partial charge in [0, 0.05) is 4.48 Å². The summed E-state index contributed by atoms with van der Waals surface area (Å²) in [6.07, 6.45) is 3.19. The summed E-state index contributed by atoms with van der Waals surface area (Å²) in [5, 5.41) is 0. The second-order valence-electron chi connectivity index (χ2n) is 4.96. The number of carbonyl (C=O) groups excluding carboxylic acids is 1. The summed E-state index contributed by atoms with van der Waals surface area (Å²) in [5.74, 6) is 0.983. The Kier molecular flexibility index (Phi) is 7.29. The molecule has 0 aliphatic heterocycles. The van der Waals surface area contributed by atoms with Crippen LogP contribution in [0.3, 0.4) is 0 Å². The predicted octanol–water partition coefficient (Wildman–Crippen LogP) is 5.31. The third kappa shape index (κ3) is 5.80. The van der Waals surface area contributed by atoms with Crippen molar-refractivity contribution in [1.29, 1.82) is 0 Å². The molecule has 4 nitrogen and oxygen atoms in total. The highest BCUT2D eigenvalue weighted by Gasteiger charge is 2.14. The standard InChI is InChI=1S/C20H19BrO4/c1-3-24-14-18(20(22)23-2)19(21)13-15-8-7-11-17(12-15)25-16-9-5-4-6-10-16/h4-14H,3H2,1-2H3. The fourth-order valence-corrected chi connectivity index (χ4v) is 2.51. The van der Waals surface area contributed by atoms with Crippen molar-refractivity contribution in [2.24, 2.45) is 0 Å². The zero-order chi connectivity index (χ0) is 18.1. The lowest BCUT2D eigenvalue weighted by molar-refractivity contribution is -0.135. The van der Waals surface area contributed by atoms with Gasteiger partial charge < -0.3 is 14.2 Å². The SMILES string of the molecule is CCOC=C(C(=O)OC)C(Br)=Cc1cccc(Oc2ccccc2)c1. The molecule has 0 unspecified atom stereocenters. The first-order chi connectivity index (χ1) is 12.1. The molecule has 25 heavy (non-hydrogen) atoms. The summed E-state index contributed by atoms with van der Waals surface area (Å²) in [6.45, 7) is 2.30. The average Bonchev–Trinajstić information content (AvgIpc) is 2.63. The van der Waals surface area contributed by atoms with E-state index < -0.39 is 5.97 Å². The molecule has 0 aliphatic carbocycles. The number of hydrogen-bond donors (Lipinski definition) is 0. The number of benzene rings is 2. The van der Waals surface area contributed by atoms with Gasteiger partial charge in [0.2, 0.25) is 0 Å². The van der Waals surface area contributed by atoms with Crippen LogP contribution in [0.4, 0.5) is 0 Å². The van der Waals surface area contributed by atoms with Crippen molar-refractivity contribution in [3.63, 3.8) is 0 Å². The number of rotatable bonds is 7. The largest absolute Gasteiger partial charge is 0.501 e. The highest BCUT2D eigenvalue weighted by atomic mass is 79.9. The molecule has 2 aromatic carbocycles. The molecule has 0 N–H and O–H groups in total. The Bertz CT molecular complexity index is 766. The van der Waals surface area contributed by atoms with Crippen LogP contribution in [0.15, 0.2) is 70.9 Å². The van der Waals surface area contributed by atoms with Gasteiger partial charge in [-0.15, -0.1) is 0 Å². The minimum absolute atomic E-state index is 0.304. The van der Waals surface area contributed by atoms with Crippen LogP contribution < -0.4 is 4.74 Å². The van der Waals surface area contributed by atoms with Crippen molar-refractivity contribution in [2.45, 2.75) is 6.92 Å². The van der Waals surface area contributed by atoms with E-state index in [-0.39, 0.29) is 0 Å². The Morgan fingerprint density at radius 1 is 1.08 bits per heavy atom. The van der Waals surface area contributed by atoms with Gasteiger partial charge in [-0.25, -0.2) is 4.79 Å². The molecular formula is C20H19BrO4. The van der Waals surface area contributed by atoms with Gasteiger partial charge in [0.15, 0.2) is 0 Å². The maximum atomic E-state index is 11.9. The number of halogens is 1. The van der Waals surface area contributed by atoms with Gasteiger partial charge in [0.1, 0.15) is 17.1 Å². The van der Waals surface area contributed by atoms with E-state index in [1.807, 2.05) is 61.5 Å². The zero-order valence-electron chi connectivity index (χ0n) is 14.1. The summed E-state index contributed by atoms with van der Waals surface area (Å²) in [7, 11) is 1.33. The number of ether oxygens (including phenoxy) is 3. The Morgan fingerprint density at radius 3 is 2.48 bits per heavy atom. The molecule has 0 saturated carbocycles. The van der Waals surface area contributed by atoms with Crippen LogP contribution in [0.1, 0.15) is 12.5 Å². The Labute approximate surface area is 155 Å². The van der Waals surface area contributed by atoms with E-state index in [1.54, 1.807) is 6.08 Å². The van der Waals surface area contributed by atoms with Crippen molar-refractivity contribution < 1.29 is 19.0 Å². The first-order valence-electron chi connectivity index (χ1n) is 7.74. The number of esters is 1. The smallest absolute Gasteiger partial charge is 0.342 e. The molecule has 0 amide bonds. The second kappa shape index (κ2) is 9.69. The lowest BCUT2D eigenvalue weighted by Gasteiger charge is -2.07.